The molecule has 0 spiro atoms. The van der Waals surface area contributed by atoms with Gasteiger partial charge in [0.15, 0.2) is 0 Å². The third kappa shape index (κ3) is 2.00. The predicted octanol–water partition coefficient (Wildman–Crippen LogP) is 2.24. The Balaban J connectivity index is 2.87. The maximum Gasteiger partial charge on any atom is 0.312 e. The van der Waals surface area contributed by atoms with E-state index in [0.29, 0.717) is 13.0 Å². The molecule has 2 atom stereocenters. The van der Waals surface area contributed by atoms with Crippen LogP contribution in [-0.4, -0.2) is 26.4 Å². The van der Waals surface area contributed by atoms with Crippen LogP contribution >= 0.6 is 0 Å². The molecule has 0 bridgehead atoms. The van der Waals surface area contributed by atoms with Crippen molar-refractivity contribution in [3.63, 3.8) is 0 Å². The SMILES string of the molecule is CCOC(=O)C1(C)CC(=O)C1[Si](C)(C)C. The van der Waals surface area contributed by atoms with Crippen molar-refractivity contribution in [1.29, 1.82) is 0 Å². The van der Waals surface area contributed by atoms with Gasteiger partial charge >= 0.3 is 5.97 Å². The summed E-state index contributed by atoms with van der Waals surface area (Å²) in [5.41, 5.74) is -0.610. The summed E-state index contributed by atoms with van der Waals surface area (Å²) in [6.07, 6.45) is 0.362. The molecule has 2 unspecified atom stereocenters. The number of ether oxygens (including phenoxy) is 1. The van der Waals surface area contributed by atoms with Crippen LogP contribution in [0.4, 0.5) is 0 Å². The Bertz CT molecular complexity index is 293. The van der Waals surface area contributed by atoms with Gasteiger partial charge in [-0.3, -0.25) is 9.59 Å². The van der Waals surface area contributed by atoms with Crippen molar-refractivity contribution in [2.45, 2.75) is 45.5 Å². The molecule has 0 N–H and O–H groups in total. The van der Waals surface area contributed by atoms with E-state index >= 15 is 0 Å². The van der Waals surface area contributed by atoms with E-state index in [-0.39, 0.29) is 17.3 Å². The van der Waals surface area contributed by atoms with Gasteiger partial charge in [0.05, 0.1) is 20.1 Å². The highest BCUT2D eigenvalue weighted by Crippen LogP contribution is 2.53. The average molecular weight is 228 g/mol. The lowest BCUT2D eigenvalue weighted by Gasteiger charge is -2.48. The molecule has 0 aromatic heterocycles. The smallest absolute Gasteiger partial charge is 0.312 e. The second-order valence-electron chi connectivity index (χ2n) is 5.58. The van der Waals surface area contributed by atoms with Gasteiger partial charge in [0.25, 0.3) is 0 Å². The zero-order chi connectivity index (χ0) is 11.9. The summed E-state index contributed by atoms with van der Waals surface area (Å²) in [5.74, 6) is 0.0433. The Morgan fingerprint density at radius 1 is 1.53 bits per heavy atom. The van der Waals surface area contributed by atoms with Gasteiger partial charge in [-0.05, 0) is 13.8 Å². The summed E-state index contributed by atoms with van der Waals surface area (Å²) in [6.45, 7) is 10.5. The van der Waals surface area contributed by atoms with Crippen molar-refractivity contribution >= 4 is 19.8 Å². The number of esters is 1. The van der Waals surface area contributed by atoms with Crippen LogP contribution in [0.1, 0.15) is 20.3 Å². The maximum absolute atomic E-state index is 11.8. The quantitative estimate of drug-likeness (QED) is 0.549. The number of ketones is 1. The minimum absolute atomic E-state index is 0.0657. The molecule has 0 aromatic rings. The number of hydrogen-bond donors (Lipinski definition) is 0. The summed E-state index contributed by atoms with van der Waals surface area (Å²) in [6, 6.07) is 0. The van der Waals surface area contributed by atoms with Crippen molar-refractivity contribution in [2.75, 3.05) is 6.61 Å². The van der Waals surface area contributed by atoms with Crippen LogP contribution in [0.3, 0.4) is 0 Å². The molecule has 1 aliphatic carbocycles. The second-order valence-corrected chi connectivity index (χ2v) is 10.9. The zero-order valence-electron chi connectivity index (χ0n) is 10.2. The number of Topliss-reactive ketones (excluding diaryl/α,β-unsaturated/α-hetero) is 1. The normalized spacial score (nSPS) is 31.0. The third-order valence-corrected chi connectivity index (χ3v) is 5.80. The van der Waals surface area contributed by atoms with Crippen molar-refractivity contribution in [3.8, 4) is 0 Å². The summed E-state index contributed by atoms with van der Waals surface area (Å²) in [4.78, 5) is 23.4. The van der Waals surface area contributed by atoms with Crippen LogP contribution in [0, 0.1) is 5.41 Å². The molecule has 0 radical (unpaired) electrons. The first-order valence-electron chi connectivity index (χ1n) is 5.43. The van der Waals surface area contributed by atoms with Gasteiger partial charge in [-0.1, -0.05) is 19.6 Å². The number of carbonyl (C=O) groups is 2. The molecule has 1 rings (SSSR count). The minimum atomic E-state index is -1.61. The molecule has 0 aromatic carbocycles. The average Bonchev–Trinajstić information content (AvgIpc) is 1.99. The fraction of sp³-hybridized carbons (Fsp3) is 0.818. The van der Waals surface area contributed by atoms with E-state index in [9.17, 15) is 9.59 Å². The van der Waals surface area contributed by atoms with Crippen molar-refractivity contribution < 1.29 is 14.3 Å². The Morgan fingerprint density at radius 2 is 2.07 bits per heavy atom. The Hall–Kier alpha value is -0.643. The summed E-state index contributed by atoms with van der Waals surface area (Å²) in [5, 5.41) is 0. The second kappa shape index (κ2) is 3.74. The highest BCUT2D eigenvalue weighted by atomic mass is 28.3. The van der Waals surface area contributed by atoms with Gasteiger partial charge in [0.2, 0.25) is 0 Å². The van der Waals surface area contributed by atoms with Crippen molar-refractivity contribution in [2.24, 2.45) is 5.41 Å². The lowest BCUT2D eigenvalue weighted by molar-refractivity contribution is -0.164. The first kappa shape index (κ1) is 12.4. The van der Waals surface area contributed by atoms with Crippen LogP contribution in [0.25, 0.3) is 0 Å². The first-order valence-corrected chi connectivity index (χ1v) is 9.01. The van der Waals surface area contributed by atoms with E-state index in [1.54, 1.807) is 6.92 Å². The molecular weight excluding hydrogens is 208 g/mol. The molecule has 4 heteroatoms. The molecule has 0 aliphatic heterocycles. The molecule has 86 valence electrons. The van der Waals surface area contributed by atoms with E-state index in [1.165, 1.54) is 0 Å². The van der Waals surface area contributed by atoms with Gasteiger partial charge in [-0.2, -0.15) is 0 Å². The van der Waals surface area contributed by atoms with E-state index < -0.39 is 13.5 Å². The van der Waals surface area contributed by atoms with Gasteiger partial charge in [-0.15, -0.1) is 0 Å². The molecular formula is C11H20O3Si. The van der Waals surface area contributed by atoms with Gasteiger partial charge in [-0.25, -0.2) is 0 Å². The maximum atomic E-state index is 11.8. The predicted molar refractivity (Wildman–Crippen MR) is 61.5 cm³/mol. The van der Waals surface area contributed by atoms with Crippen LogP contribution < -0.4 is 0 Å². The standard InChI is InChI=1S/C11H20O3Si/c1-6-14-10(13)11(2)7-8(12)9(11)15(3,4)5/h9H,6-7H2,1-5H3. The monoisotopic (exact) mass is 228 g/mol. The topological polar surface area (TPSA) is 43.4 Å². The number of carbonyl (C=O) groups excluding carboxylic acids is 2. The minimum Gasteiger partial charge on any atom is -0.466 e. The zero-order valence-corrected chi connectivity index (χ0v) is 11.2. The molecule has 0 heterocycles. The fourth-order valence-electron chi connectivity index (χ4n) is 2.71. The van der Waals surface area contributed by atoms with E-state index in [0.717, 1.165) is 0 Å². The highest BCUT2D eigenvalue weighted by molar-refractivity contribution is 6.81. The van der Waals surface area contributed by atoms with Crippen LogP contribution in [0.2, 0.25) is 25.2 Å². The Labute approximate surface area is 92.2 Å². The molecule has 1 saturated carbocycles. The third-order valence-electron chi connectivity index (χ3n) is 3.11. The van der Waals surface area contributed by atoms with Crippen LogP contribution in [0.5, 0.6) is 0 Å². The van der Waals surface area contributed by atoms with Gasteiger partial charge in [0, 0.05) is 12.0 Å². The summed E-state index contributed by atoms with van der Waals surface area (Å²) in [7, 11) is -1.61. The Kier molecular flexibility index (Phi) is 3.10. The summed E-state index contributed by atoms with van der Waals surface area (Å²) < 4.78 is 5.05. The molecule has 0 amide bonds. The van der Waals surface area contributed by atoms with E-state index in [2.05, 4.69) is 19.6 Å². The molecule has 15 heavy (non-hydrogen) atoms. The van der Waals surface area contributed by atoms with Gasteiger partial charge < -0.3 is 4.74 Å². The fourth-order valence-corrected chi connectivity index (χ4v) is 5.91. The van der Waals surface area contributed by atoms with Crippen molar-refractivity contribution in [3.05, 3.63) is 0 Å². The molecule has 0 saturated heterocycles. The van der Waals surface area contributed by atoms with Crippen molar-refractivity contribution in [1.82, 2.24) is 0 Å². The number of rotatable bonds is 3. The number of hydrogen-bond acceptors (Lipinski definition) is 3. The van der Waals surface area contributed by atoms with Crippen LogP contribution in [-0.2, 0) is 14.3 Å². The largest absolute Gasteiger partial charge is 0.466 e. The molecule has 3 nitrogen and oxygen atoms in total. The lowest BCUT2D eigenvalue weighted by atomic mass is 9.68. The highest BCUT2D eigenvalue weighted by Gasteiger charge is 2.60. The lowest BCUT2D eigenvalue weighted by Crippen LogP contribution is -2.57. The van der Waals surface area contributed by atoms with E-state index in [1.807, 2.05) is 6.92 Å². The van der Waals surface area contributed by atoms with E-state index in [4.69, 9.17) is 4.74 Å². The Morgan fingerprint density at radius 3 is 2.40 bits per heavy atom. The van der Waals surface area contributed by atoms with Gasteiger partial charge in [0.1, 0.15) is 5.78 Å². The molecule has 1 aliphatic rings. The summed E-state index contributed by atoms with van der Waals surface area (Å²) >= 11 is 0. The van der Waals surface area contributed by atoms with Crippen LogP contribution in [0.15, 0.2) is 0 Å². The molecule has 1 fully saturated rings. The first-order chi connectivity index (χ1) is 6.73.